The van der Waals surface area contributed by atoms with Crippen LogP contribution in [0.1, 0.15) is 74.9 Å². The quantitative estimate of drug-likeness (QED) is 0.672. The molecule has 3 nitrogen and oxygen atoms in total. The molecular weight excluding hydrogens is 346 g/mol. The number of carbonyl (C=O) groups is 1. The molecule has 1 N–H and O–H groups in total. The molecule has 2 rings (SSSR count). The molecule has 0 saturated carbocycles. The minimum atomic E-state index is -0.505. The van der Waals surface area contributed by atoms with Gasteiger partial charge in [-0.2, -0.15) is 0 Å². The van der Waals surface area contributed by atoms with Crippen LogP contribution in [-0.4, -0.2) is 12.0 Å². The van der Waals surface area contributed by atoms with E-state index in [4.69, 9.17) is 4.74 Å². The largest absolute Gasteiger partial charge is 0.481 e. The molecular formula is C25H35NO2. The lowest BCUT2D eigenvalue weighted by molar-refractivity contribution is -0.128. The predicted molar refractivity (Wildman–Crippen MR) is 117 cm³/mol. The van der Waals surface area contributed by atoms with Crippen LogP contribution in [0.25, 0.3) is 0 Å². The summed E-state index contributed by atoms with van der Waals surface area (Å²) in [7, 11) is 0. The first kappa shape index (κ1) is 22.0. The van der Waals surface area contributed by atoms with Crippen molar-refractivity contribution in [2.45, 2.75) is 79.4 Å². The van der Waals surface area contributed by atoms with E-state index in [-0.39, 0.29) is 17.4 Å². The van der Waals surface area contributed by atoms with Crippen molar-refractivity contribution in [2.24, 2.45) is 0 Å². The zero-order valence-corrected chi connectivity index (χ0v) is 18.6. The molecule has 0 aliphatic rings. The van der Waals surface area contributed by atoms with Gasteiger partial charge in [0.25, 0.3) is 5.91 Å². The minimum absolute atomic E-state index is 0.0623. The summed E-state index contributed by atoms with van der Waals surface area (Å²) < 4.78 is 5.99. The van der Waals surface area contributed by atoms with Gasteiger partial charge in [-0.15, -0.1) is 0 Å². The van der Waals surface area contributed by atoms with E-state index in [0.29, 0.717) is 6.42 Å². The molecule has 0 unspecified atom stereocenters. The molecule has 0 aliphatic carbocycles. The SMILES string of the molecule is CC[C@@H](Oc1ccc(C(C)(C)C)cc1)C(=O)N[C@H](C)c1cc(C)c(C)cc1C. The summed E-state index contributed by atoms with van der Waals surface area (Å²) in [4.78, 5) is 12.8. The van der Waals surface area contributed by atoms with Gasteiger partial charge in [-0.3, -0.25) is 4.79 Å². The maximum atomic E-state index is 12.8. The van der Waals surface area contributed by atoms with Crippen LogP contribution in [0.5, 0.6) is 5.75 Å². The van der Waals surface area contributed by atoms with Gasteiger partial charge < -0.3 is 10.1 Å². The Hall–Kier alpha value is -2.29. The average Bonchev–Trinajstić information content (AvgIpc) is 2.62. The standard InChI is InChI=1S/C25H35NO2/c1-9-23(28-21-12-10-20(11-13-21)25(6,7)8)24(27)26-19(5)22-15-17(3)16(2)14-18(22)4/h10-15,19,23H,9H2,1-8H3,(H,26,27)/t19-,23-/m1/s1. The van der Waals surface area contributed by atoms with Crippen LogP contribution < -0.4 is 10.1 Å². The summed E-state index contributed by atoms with van der Waals surface area (Å²) in [6.45, 7) is 16.9. The Morgan fingerprint density at radius 2 is 1.57 bits per heavy atom. The molecule has 0 bridgehead atoms. The smallest absolute Gasteiger partial charge is 0.261 e. The van der Waals surface area contributed by atoms with Gasteiger partial charge in [0.2, 0.25) is 0 Å². The average molecular weight is 382 g/mol. The van der Waals surface area contributed by atoms with Gasteiger partial charge in [0.05, 0.1) is 6.04 Å². The van der Waals surface area contributed by atoms with Gasteiger partial charge in [-0.25, -0.2) is 0 Å². The summed E-state index contributed by atoms with van der Waals surface area (Å²) in [5, 5.41) is 3.13. The summed E-state index contributed by atoms with van der Waals surface area (Å²) >= 11 is 0. The van der Waals surface area contributed by atoms with E-state index in [2.05, 4.69) is 71.1 Å². The maximum Gasteiger partial charge on any atom is 0.261 e. The molecule has 0 saturated heterocycles. The number of amides is 1. The number of benzene rings is 2. The number of hydrogen-bond acceptors (Lipinski definition) is 2. The number of carbonyl (C=O) groups excluding carboxylic acids is 1. The Bertz CT molecular complexity index is 816. The van der Waals surface area contributed by atoms with Gasteiger partial charge >= 0.3 is 0 Å². The lowest BCUT2D eigenvalue weighted by atomic mass is 9.87. The van der Waals surface area contributed by atoms with Crippen LogP contribution in [0.3, 0.4) is 0 Å². The predicted octanol–water partition coefficient (Wildman–Crippen LogP) is 5.94. The Morgan fingerprint density at radius 3 is 2.11 bits per heavy atom. The fourth-order valence-corrected chi connectivity index (χ4v) is 3.35. The van der Waals surface area contributed by atoms with Gasteiger partial charge in [0.15, 0.2) is 6.10 Å². The Kier molecular flexibility index (Phi) is 6.92. The molecule has 0 spiro atoms. The van der Waals surface area contributed by atoms with Crippen molar-refractivity contribution in [1.82, 2.24) is 5.32 Å². The zero-order chi connectivity index (χ0) is 21.1. The minimum Gasteiger partial charge on any atom is -0.481 e. The second-order valence-corrected chi connectivity index (χ2v) is 8.81. The number of hydrogen-bond donors (Lipinski definition) is 1. The molecule has 0 aliphatic heterocycles. The van der Waals surface area contributed by atoms with E-state index >= 15 is 0 Å². The normalized spacial score (nSPS) is 13.7. The molecule has 3 heteroatoms. The number of ether oxygens (including phenoxy) is 1. The fraction of sp³-hybridized carbons (Fsp3) is 0.480. The highest BCUT2D eigenvalue weighted by atomic mass is 16.5. The van der Waals surface area contributed by atoms with Crippen LogP contribution in [0.4, 0.5) is 0 Å². The fourth-order valence-electron chi connectivity index (χ4n) is 3.35. The third-order valence-corrected chi connectivity index (χ3v) is 5.37. The Morgan fingerprint density at radius 1 is 1.00 bits per heavy atom. The lowest BCUT2D eigenvalue weighted by Gasteiger charge is -2.23. The van der Waals surface area contributed by atoms with Crippen molar-refractivity contribution in [3.8, 4) is 5.75 Å². The van der Waals surface area contributed by atoms with Crippen molar-refractivity contribution >= 4 is 5.91 Å². The number of nitrogens with one attached hydrogen (secondary N) is 1. The number of rotatable bonds is 6. The highest BCUT2D eigenvalue weighted by Crippen LogP contribution is 2.25. The third-order valence-electron chi connectivity index (χ3n) is 5.37. The number of aryl methyl sites for hydroxylation is 3. The second-order valence-electron chi connectivity index (χ2n) is 8.81. The summed E-state index contributed by atoms with van der Waals surface area (Å²) in [5.74, 6) is 0.650. The second kappa shape index (κ2) is 8.81. The summed E-state index contributed by atoms with van der Waals surface area (Å²) in [5.41, 5.74) is 6.20. The molecule has 0 aromatic heterocycles. The van der Waals surface area contributed by atoms with E-state index in [1.54, 1.807) is 0 Å². The van der Waals surface area contributed by atoms with Gasteiger partial charge in [-0.1, -0.05) is 52.0 Å². The molecule has 152 valence electrons. The van der Waals surface area contributed by atoms with Crippen LogP contribution in [0.15, 0.2) is 36.4 Å². The van der Waals surface area contributed by atoms with Crippen LogP contribution in [0.2, 0.25) is 0 Å². The molecule has 2 aromatic rings. The molecule has 0 radical (unpaired) electrons. The first-order chi connectivity index (χ1) is 13.0. The van der Waals surface area contributed by atoms with E-state index < -0.39 is 6.10 Å². The molecule has 2 atom stereocenters. The van der Waals surface area contributed by atoms with Crippen molar-refractivity contribution in [3.63, 3.8) is 0 Å². The molecule has 2 aromatic carbocycles. The van der Waals surface area contributed by atoms with E-state index in [1.165, 1.54) is 22.3 Å². The van der Waals surface area contributed by atoms with Gasteiger partial charge in [0, 0.05) is 0 Å². The van der Waals surface area contributed by atoms with Gasteiger partial charge in [-0.05, 0) is 79.5 Å². The van der Waals surface area contributed by atoms with E-state index in [0.717, 1.165) is 11.3 Å². The van der Waals surface area contributed by atoms with Crippen molar-refractivity contribution in [2.75, 3.05) is 0 Å². The summed E-state index contributed by atoms with van der Waals surface area (Å²) in [6.07, 6.45) is 0.112. The molecule has 0 heterocycles. The zero-order valence-electron chi connectivity index (χ0n) is 18.6. The van der Waals surface area contributed by atoms with Crippen LogP contribution in [0, 0.1) is 20.8 Å². The first-order valence-electron chi connectivity index (χ1n) is 10.2. The van der Waals surface area contributed by atoms with E-state index in [9.17, 15) is 4.79 Å². The van der Waals surface area contributed by atoms with Crippen molar-refractivity contribution in [3.05, 3.63) is 64.2 Å². The van der Waals surface area contributed by atoms with Gasteiger partial charge in [0.1, 0.15) is 5.75 Å². The first-order valence-corrected chi connectivity index (χ1v) is 10.2. The van der Waals surface area contributed by atoms with Crippen molar-refractivity contribution in [1.29, 1.82) is 0 Å². The Labute approximate surface area is 170 Å². The topological polar surface area (TPSA) is 38.3 Å². The molecule has 28 heavy (non-hydrogen) atoms. The lowest BCUT2D eigenvalue weighted by Crippen LogP contribution is -2.39. The summed E-state index contributed by atoms with van der Waals surface area (Å²) in [6, 6.07) is 12.3. The highest BCUT2D eigenvalue weighted by molar-refractivity contribution is 5.81. The Balaban J connectivity index is 2.08. The molecule has 1 amide bonds. The maximum absolute atomic E-state index is 12.8. The van der Waals surface area contributed by atoms with Crippen molar-refractivity contribution < 1.29 is 9.53 Å². The molecule has 0 fully saturated rings. The monoisotopic (exact) mass is 381 g/mol. The highest BCUT2D eigenvalue weighted by Gasteiger charge is 2.22. The van der Waals surface area contributed by atoms with Crippen LogP contribution >= 0.6 is 0 Å². The van der Waals surface area contributed by atoms with Crippen LogP contribution in [-0.2, 0) is 10.2 Å². The van der Waals surface area contributed by atoms with E-state index in [1.807, 2.05) is 26.0 Å². The third kappa shape index (κ3) is 5.37.